The normalized spacial score (nSPS) is 15.7. The molecule has 2 N–H and O–H groups in total. The first kappa shape index (κ1) is 16.8. The van der Waals surface area contributed by atoms with Crippen molar-refractivity contribution in [2.75, 3.05) is 32.8 Å². The lowest BCUT2D eigenvalue weighted by molar-refractivity contribution is 0.0369. The zero-order valence-electron chi connectivity index (χ0n) is 13.2. The summed E-state index contributed by atoms with van der Waals surface area (Å²) in [6, 6.07) is 4.40. The summed E-state index contributed by atoms with van der Waals surface area (Å²) in [7, 11) is 0. The average molecular weight is 349 g/mol. The summed E-state index contributed by atoms with van der Waals surface area (Å²) < 4.78 is 7.17. The summed E-state index contributed by atoms with van der Waals surface area (Å²) in [6.45, 7) is 4.75. The molecule has 0 unspecified atom stereocenters. The molecule has 1 aliphatic rings. The van der Waals surface area contributed by atoms with Crippen molar-refractivity contribution >= 4 is 29.1 Å². The fourth-order valence-corrected chi connectivity index (χ4v) is 3.15. The monoisotopic (exact) mass is 349 g/mol. The van der Waals surface area contributed by atoms with Gasteiger partial charge in [0.15, 0.2) is 4.77 Å². The molecule has 1 aromatic heterocycles. The Morgan fingerprint density at radius 1 is 1.29 bits per heavy atom. The van der Waals surface area contributed by atoms with Gasteiger partial charge in [-0.2, -0.15) is 0 Å². The van der Waals surface area contributed by atoms with Crippen LogP contribution in [0.4, 0.5) is 0 Å². The van der Waals surface area contributed by atoms with Gasteiger partial charge in [0.25, 0.3) is 5.56 Å². The predicted molar refractivity (Wildman–Crippen MR) is 92.2 cm³/mol. The molecule has 2 aromatic rings. The Bertz CT molecular complexity index is 868. The Morgan fingerprint density at radius 3 is 2.75 bits per heavy atom. The van der Waals surface area contributed by atoms with Crippen molar-refractivity contribution in [1.29, 1.82) is 0 Å². The van der Waals surface area contributed by atoms with Crippen LogP contribution >= 0.6 is 12.2 Å². The second-order valence-electron chi connectivity index (χ2n) is 5.76. The molecule has 0 bridgehead atoms. The van der Waals surface area contributed by atoms with E-state index in [1.165, 1.54) is 18.2 Å². The molecule has 0 aliphatic carbocycles. The third-order valence-corrected chi connectivity index (χ3v) is 4.51. The minimum atomic E-state index is -1.04. The van der Waals surface area contributed by atoms with E-state index >= 15 is 0 Å². The van der Waals surface area contributed by atoms with Crippen molar-refractivity contribution in [3.8, 4) is 0 Å². The van der Waals surface area contributed by atoms with Gasteiger partial charge in [-0.25, -0.2) is 4.79 Å². The summed E-state index contributed by atoms with van der Waals surface area (Å²) in [6.07, 6.45) is 0.816. The van der Waals surface area contributed by atoms with Gasteiger partial charge in [-0.3, -0.25) is 14.3 Å². The smallest absolute Gasteiger partial charge is 0.335 e. The molecule has 0 spiro atoms. The van der Waals surface area contributed by atoms with Crippen molar-refractivity contribution in [1.82, 2.24) is 14.5 Å². The van der Waals surface area contributed by atoms with Crippen LogP contribution in [0.25, 0.3) is 10.9 Å². The van der Waals surface area contributed by atoms with Crippen molar-refractivity contribution in [2.24, 2.45) is 0 Å². The van der Waals surface area contributed by atoms with Gasteiger partial charge in [-0.15, -0.1) is 0 Å². The van der Waals surface area contributed by atoms with Crippen LogP contribution in [0.1, 0.15) is 16.8 Å². The summed E-state index contributed by atoms with van der Waals surface area (Å²) in [5, 5.41) is 9.49. The summed E-state index contributed by atoms with van der Waals surface area (Å²) in [5.74, 6) is -1.04. The lowest BCUT2D eigenvalue weighted by Crippen LogP contribution is -2.37. The second kappa shape index (κ2) is 7.25. The van der Waals surface area contributed by atoms with Crippen LogP contribution in [-0.4, -0.2) is 58.4 Å². The Morgan fingerprint density at radius 2 is 2.04 bits per heavy atom. The highest BCUT2D eigenvalue weighted by Crippen LogP contribution is 2.11. The van der Waals surface area contributed by atoms with Crippen molar-refractivity contribution in [3.63, 3.8) is 0 Å². The summed E-state index contributed by atoms with van der Waals surface area (Å²) in [5.41, 5.74) is 0.389. The maximum absolute atomic E-state index is 12.6. The van der Waals surface area contributed by atoms with Crippen LogP contribution in [0.3, 0.4) is 0 Å². The summed E-state index contributed by atoms with van der Waals surface area (Å²) >= 11 is 5.27. The van der Waals surface area contributed by atoms with Crippen LogP contribution in [-0.2, 0) is 11.3 Å². The number of aromatic amines is 1. The highest BCUT2D eigenvalue weighted by atomic mass is 32.1. The Labute approximate surface area is 143 Å². The van der Waals surface area contributed by atoms with Gasteiger partial charge in [0.2, 0.25) is 0 Å². The molecular formula is C16H19N3O4S. The molecule has 24 heavy (non-hydrogen) atoms. The summed E-state index contributed by atoms with van der Waals surface area (Å²) in [4.78, 5) is 28.9. The van der Waals surface area contributed by atoms with Gasteiger partial charge in [0, 0.05) is 26.2 Å². The highest BCUT2D eigenvalue weighted by Gasteiger charge is 2.12. The van der Waals surface area contributed by atoms with E-state index in [1.807, 2.05) is 0 Å². The van der Waals surface area contributed by atoms with Crippen LogP contribution in [0, 0.1) is 4.77 Å². The minimum absolute atomic E-state index is 0.123. The third-order valence-electron chi connectivity index (χ3n) is 4.19. The molecule has 128 valence electrons. The number of carbonyl (C=O) groups is 1. The number of nitrogens with zero attached hydrogens (tertiary/aromatic N) is 2. The van der Waals surface area contributed by atoms with Gasteiger partial charge in [0.05, 0.1) is 29.7 Å². The molecule has 0 amide bonds. The topological polar surface area (TPSA) is 87.6 Å². The van der Waals surface area contributed by atoms with E-state index in [9.17, 15) is 9.59 Å². The van der Waals surface area contributed by atoms with Crippen molar-refractivity contribution in [3.05, 3.63) is 38.9 Å². The standard InChI is InChI=1S/C16H19N3O4S/c20-14-12-3-2-11(15(21)22)10-13(12)17-16(24)19(14)5-1-4-18-6-8-23-9-7-18/h2-3,10H,1,4-9H2,(H,17,24)(H,21,22). The molecule has 1 fully saturated rings. The molecule has 0 radical (unpaired) electrons. The SMILES string of the molecule is O=C(O)c1ccc2c(=O)n(CCCN3CCOCC3)c(=S)[nH]c2c1. The van der Waals surface area contributed by atoms with Crippen molar-refractivity contribution < 1.29 is 14.6 Å². The molecule has 1 saturated heterocycles. The van der Waals surface area contributed by atoms with E-state index in [1.54, 1.807) is 4.57 Å². The first-order valence-electron chi connectivity index (χ1n) is 7.86. The first-order chi connectivity index (χ1) is 11.6. The zero-order valence-corrected chi connectivity index (χ0v) is 14.0. The zero-order chi connectivity index (χ0) is 17.1. The number of benzene rings is 1. The first-order valence-corrected chi connectivity index (χ1v) is 8.27. The van der Waals surface area contributed by atoms with Gasteiger partial charge in [-0.1, -0.05) is 0 Å². The fourth-order valence-electron chi connectivity index (χ4n) is 2.87. The molecule has 1 aromatic carbocycles. The lowest BCUT2D eigenvalue weighted by atomic mass is 10.1. The number of hydrogen-bond acceptors (Lipinski definition) is 5. The Hall–Kier alpha value is -2.03. The Kier molecular flexibility index (Phi) is 5.08. The molecule has 3 rings (SSSR count). The number of carboxylic acid groups (broad SMARTS) is 1. The van der Waals surface area contributed by atoms with Gasteiger partial charge in [0.1, 0.15) is 0 Å². The van der Waals surface area contributed by atoms with Gasteiger partial charge in [-0.05, 0) is 36.8 Å². The predicted octanol–water partition coefficient (Wildman–Crippen LogP) is 1.48. The number of hydrogen-bond donors (Lipinski definition) is 2. The average Bonchev–Trinajstić information content (AvgIpc) is 2.58. The van der Waals surface area contributed by atoms with E-state index in [0.717, 1.165) is 39.3 Å². The highest BCUT2D eigenvalue weighted by molar-refractivity contribution is 7.71. The van der Waals surface area contributed by atoms with Crippen LogP contribution in [0.2, 0.25) is 0 Å². The molecule has 0 saturated carbocycles. The van der Waals surface area contributed by atoms with Crippen LogP contribution < -0.4 is 5.56 Å². The molecule has 2 heterocycles. The minimum Gasteiger partial charge on any atom is -0.478 e. The van der Waals surface area contributed by atoms with Crippen LogP contribution in [0.5, 0.6) is 0 Å². The maximum atomic E-state index is 12.6. The third kappa shape index (κ3) is 3.55. The van der Waals surface area contributed by atoms with Crippen LogP contribution in [0.15, 0.2) is 23.0 Å². The number of nitrogens with one attached hydrogen (secondary N) is 1. The van der Waals surface area contributed by atoms with Crippen molar-refractivity contribution in [2.45, 2.75) is 13.0 Å². The van der Waals surface area contributed by atoms with E-state index < -0.39 is 5.97 Å². The number of fused-ring (bicyclic) bond motifs is 1. The molecular weight excluding hydrogens is 330 g/mol. The Balaban J connectivity index is 1.80. The lowest BCUT2D eigenvalue weighted by Gasteiger charge is -2.26. The maximum Gasteiger partial charge on any atom is 0.335 e. The number of H-pyrrole nitrogens is 1. The second-order valence-corrected chi connectivity index (χ2v) is 6.15. The molecule has 1 aliphatic heterocycles. The number of aromatic nitrogens is 2. The number of carboxylic acids is 1. The molecule has 7 nitrogen and oxygen atoms in total. The number of ether oxygens (including phenoxy) is 1. The largest absolute Gasteiger partial charge is 0.478 e. The number of rotatable bonds is 5. The van der Waals surface area contributed by atoms with Gasteiger partial charge < -0.3 is 14.8 Å². The van der Waals surface area contributed by atoms with E-state index in [-0.39, 0.29) is 11.1 Å². The van der Waals surface area contributed by atoms with E-state index in [0.29, 0.717) is 22.2 Å². The fraction of sp³-hybridized carbons (Fsp3) is 0.438. The number of aromatic carboxylic acids is 1. The molecule has 8 heteroatoms. The van der Waals surface area contributed by atoms with E-state index in [4.69, 9.17) is 22.1 Å². The van der Waals surface area contributed by atoms with Gasteiger partial charge >= 0.3 is 5.97 Å². The quantitative estimate of drug-likeness (QED) is 0.795. The van der Waals surface area contributed by atoms with E-state index in [2.05, 4.69) is 9.88 Å². The number of morpholine rings is 1. The molecule has 0 atom stereocenters.